The summed E-state index contributed by atoms with van der Waals surface area (Å²) in [6.45, 7) is 11.5. The Bertz CT molecular complexity index is 567. The first-order valence-electron chi connectivity index (χ1n) is 7.46. The highest BCUT2D eigenvalue weighted by molar-refractivity contribution is 5.88. The number of hydrogen-bond acceptors (Lipinski definition) is 6. The predicted octanol–water partition coefficient (Wildman–Crippen LogP) is 1.89. The molecule has 1 N–H and O–H groups in total. The zero-order valence-electron chi connectivity index (χ0n) is 14.9. The minimum Gasteiger partial charge on any atom is -0.464 e. The molecule has 0 aromatic carbocycles. The van der Waals surface area contributed by atoms with Crippen molar-refractivity contribution in [2.75, 3.05) is 13.7 Å². The fraction of sp³-hybridized carbons (Fsp3) is 0.733. The molecule has 8 heteroatoms. The SMILES string of the molecule is COC(=O)c1nnn(C(C)(C)C)c1CCNC(=O)OC(C)(C)C. The van der Waals surface area contributed by atoms with E-state index in [0.29, 0.717) is 18.7 Å². The fourth-order valence-electron chi connectivity index (χ4n) is 1.92. The van der Waals surface area contributed by atoms with Gasteiger partial charge in [0.25, 0.3) is 0 Å². The third kappa shape index (κ3) is 5.54. The summed E-state index contributed by atoms with van der Waals surface area (Å²) in [5, 5.41) is 10.6. The van der Waals surface area contributed by atoms with E-state index in [1.165, 1.54) is 7.11 Å². The van der Waals surface area contributed by atoms with Crippen molar-refractivity contribution in [3.63, 3.8) is 0 Å². The second-order valence-electron chi connectivity index (χ2n) is 7.14. The van der Waals surface area contributed by atoms with Crippen LogP contribution in [0.15, 0.2) is 0 Å². The van der Waals surface area contributed by atoms with Crippen molar-refractivity contribution in [1.82, 2.24) is 20.3 Å². The molecule has 0 atom stereocenters. The first kappa shape index (κ1) is 18.9. The molecule has 0 fully saturated rings. The van der Waals surface area contributed by atoms with E-state index in [4.69, 9.17) is 9.47 Å². The average molecular weight is 326 g/mol. The van der Waals surface area contributed by atoms with Crippen LogP contribution in [0.3, 0.4) is 0 Å². The molecule has 8 nitrogen and oxygen atoms in total. The molecule has 0 unspecified atom stereocenters. The third-order valence-electron chi connectivity index (χ3n) is 2.81. The summed E-state index contributed by atoms with van der Waals surface area (Å²) in [6.07, 6.45) is -0.125. The number of alkyl carbamates (subject to hydrolysis) is 1. The molecule has 0 aliphatic rings. The summed E-state index contributed by atoms with van der Waals surface area (Å²) >= 11 is 0. The number of carbonyl (C=O) groups excluding carboxylic acids is 2. The highest BCUT2D eigenvalue weighted by Gasteiger charge is 2.26. The van der Waals surface area contributed by atoms with Crippen LogP contribution >= 0.6 is 0 Å². The van der Waals surface area contributed by atoms with E-state index in [1.54, 1.807) is 25.5 Å². The molecular weight excluding hydrogens is 300 g/mol. The molecule has 1 aromatic heterocycles. The van der Waals surface area contributed by atoms with Gasteiger partial charge in [0.2, 0.25) is 0 Å². The Hall–Kier alpha value is -2.12. The molecule has 0 aliphatic heterocycles. The van der Waals surface area contributed by atoms with Gasteiger partial charge in [-0.25, -0.2) is 14.3 Å². The number of esters is 1. The molecule has 1 amide bonds. The molecule has 23 heavy (non-hydrogen) atoms. The summed E-state index contributed by atoms with van der Waals surface area (Å²) in [5.41, 5.74) is -0.134. The third-order valence-corrected chi connectivity index (χ3v) is 2.81. The Morgan fingerprint density at radius 3 is 2.26 bits per heavy atom. The Morgan fingerprint density at radius 1 is 1.17 bits per heavy atom. The maximum Gasteiger partial charge on any atom is 0.407 e. The van der Waals surface area contributed by atoms with Crippen molar-refractivity contribution in [3.8, 4) is 0 Å². The summed E-state index contributed by atoms with van der Waals surface area (Å²) in [5.74, 6) is -0.548. The minimum absolute atomic E-state index is 0.161. The van der Waals surface area contributed by atoms with Crippen LogP contribution < -0.4 is 5.32 Å². The van der Waals surface area contributed by atoms with E-state index in [1.807, 2.05) is 20.8 Å². The number of nitrogens with zero attached hydrogens (tertiary/aromatic N) is 3. The zero-order valence-corrected chi connectivity index (χ0v) is 14.9. The maximum atomic E-state index is 11.8. The molecule has 0 spiro atoms. The van der Waals surface area contributed by atoms with Crippen molar-refractivity contribution in [1.29, 1.82) is 0 Å². The normalized spacial score (nSPS) is 12.0. The van der Waals surface area contributed by atoms with Gasteiger partial charge in [0.1, 0.15) is 5.60 Å². The fourth-order valence-corrected chi connectivity index (χ4v) is 1.92. The summed E-state index contributed by atoms with van der Waals surface area (Å²) < 4.78 is 11.6. The zero-order chi connectivity index (χ0) is 17.8. The van der Waals surface area contributed by atoms with Crippen molar-refractivity contribution in [3.05, 3.63) is 11.4 Å². The van der Waals surface area contributed by atoms with Crippen LogP contribution in [0.1, 0.15) is 57.7 Å². The van der Waals surface area contributed by atoms with Crippen molar-refractivity contribution in [2.45, 2.75) is 59.1 Å². The van der Waals surface area contributed by atoms with Gasteiger partial charge in [-0.3, -0.25) is 0 Å². The number of ether oxygens (including phenoxy) is 2. The first-order valence-corrected chi connectivity index (χ1v) is 7.46. The largest absolute Gasteiger partial charge is 0.464 e. The lowest BCUT2D eigenvalue weighted by molar-refractivity contribution is 0.0528. The lowest BCUT2D eigenvalue weighted by Crippen LogP contribution is -2.34. The van der Waals surface area contributed by atoms with E-state index in [2.05, 4.69) is 15.6 Å². The van der Waals surface area contributed by atoms with Gasteiger partial charge >= 0.3 is 12.1 Å². The van der Waals surface area contributed by atoms with Crippen LogP contribution in [0.25, 0.3) is 0 Å². The average Bonchev–Trinajstić information content (AvgIpc) is 2.79. The van der Waals surface area contributed by atoms with Crippen LogP contribution in [0, 0.1) is 0 Å². The van der Waals surface area contributed by atoms with E-state index in [9.17, 15) is 9.59 Å². The highest BCUT2D eigenvalue weighted by Crippen LogP contribution is 2.18. The van der Waals surface area contributed by atoms with Gasteiger partial charge in [0, 0.05) is 13.0 Å². The number of aromatic nitrogens is 3. The van der Waals surface area contributed by atoms with Gasteiger partial charge in [-0.05, 0) is 41.5 Å². The highest BCUT2D eigenvalue weighted by atomic mass is 16.6. The van der Waals surface area contributed by atoms with Gasteiger partial charge in [-0.15, -0.1) is 5.10 Å². The molecule has 0 saturated carbocycles. The number of carbonyl (C=O) groups is 2. The van der Waals surface area contributed by atoms with Crippen LogP contribution in [-0.4, -0.2) is 46.3 Å². The Morgan fingerprint density at radius 2 is 1.78 bits per heavy atom. The van der Waals surface area contributed by atoms with Crippen LogP contribution in [0.5, 0.6) is 0 Å². The number of hydrogen-bond donors (Lipinski definition) is 1. The quantitative estimate of drug-likeness (QED) is 0.849. The van der Waals surface area contributed by atoms with Crippen molar-refractivity contribution in [2.24, 2.45) is 0 Å². The Kier molecular flexibility index (Phi) is 5.74. The van der Waals surface area contributed by atoms with E-state index in [-0.39, 0.29) is 11.2 Å². The summed E-state index contributed by atoms with van der Waals surface area (Å²) in [4.78, 5) is 23.5. The smallest absolute Gasteiger partial charge is 0.407 e. The topological polar surface area (TPSA) is 95.3 Å². The van der Waals surface area contributed by atoms with E-state index >= 15 is 0 Å². The van der Waals surface area contributed by atoms with Crippen LogP contribution in [0.2, 0.25) is 0 Å². The molecule has 0 aliphatic carbocycles. The number of nitrogens with one attached hydrogen (secondary N) is 1. The van der Waals surface area contributed by atoms with Gasteiger partial charge in [0.05, 0.1) is 18.3 Å². The monoisotopic (exact) mass is 326 g/mol. The van der Waals surface area contributed by atoms with Crippen molar-refractivity contribution < 1.29 is 19.1 Å². The minimum atomic E-state index is -0.560. The second kappa shape index (κ2) is 6.97. The van der Waals surface area contributed by atoms with Crippen molar-refractivity contribution >= 4 is 12.1 Å². The molecular formula is C15H26N4O4. The molecule has 1 aromatic rings. The number of methoxy groups -OCH3 is 1. The van der Waals surface area contributed by atoms with Gasteiger partial charge in [0.15, 0.2) is 5.69 Å². The van der Waals surface area contributed by atoms with Crippen LogP contribution in [0.4, 0.5) is 4.79 Å². The standard InChI is InChI=1S/C15H26N4O4/c1-14(2,3)19-10(11(17-18-19)12(20)22-7)8-9-16-13(21)23-15(4,5)6/h8-9H2,1-7H3,(H,16,21). The summed E-state index contributed by atoms with van der Waals surface area (Å²) in [7, 11) is 1.29. The van der Waals surface area contributed by atoms with Gasteiger partial charge in [-0.1, -0.05) is 5.21 Å². The molecule has 0 bridgehead atoms. The molecule has 0 saturated heterocycles. The van der Waals surface area contributed by atoms with E-state index < -0.39 is 17.7 Å². The lowest BCUT2D eigenvalue weighted by Gasteiger charge is -2.22. The summed E-state index contributed by atoms with van der Waals surface area (Å²) in [6, 6.07) is 0. The first-order chi connectivity index (χ1) is 10.5. The molecule has 1 heterocycles. The number of amides is 1. The Labute approximate surface area is 136 Å². The number of rotatable bonds is 4. The van der Waals surface area contributed by atoms with E-state index in [0.717, 1.165) is 0 Å². The lowest BCUT2D eigenvalue weighted by atomic mass is 10.1. The Balaban J connectivity index is 2.84. The van der Waals surface area contributed by atoms with Gasteiger partial charge in [-0.2, -0.15) is 0 Å². The molecule has 0 radical (unpaired) electrons. The second-order valence-corrected chi connectivity index (χ2v) is 7.14. The molecule has 130 valence electrons. The maximum absolute atomic E-state index is 11.8. The predicted molar refractivity (Wildman–Crippen MR) is 84.3 cm³/mol. The van der Waals surface area contributed by atoms with Gasteiger partial charge < -0.3 is 14.8 Å². The van der Waals surface area contributed by atoms with Crippen LogP contribution in [-0.2, 0) is 21.4 Å². The molecule has 1 rings (SSSR count).